The summed E-state index contributed by atoms with van der Waals surface area (Å²) in [4.78, 5) is 21.0. The molecule has 28 heavy (non-hydrogen) atoms. The first kappa shape index (κ1) is 12.3. The number of carbonyl (C=O) groups excluding carboxylic acids is 2. The quantitative estimate of drug-likeness (QED) is 0.361. The zero-order valence-corrected chi connectivity index (χ0v) is 16.7. The highest BCUT2D eigenvalue weighted by molar-refractivity contribution is 14.1. The third kappa shape index (κ3) is 4.57. The highest BCUT2D eigenvalue weighted by Gasteiger charge is 2.22. The second-order valence-electron chi connectivity index (χ2n) is 6.00. The van der Waals surface area contributed by atoms with Crippen molar-refractivity contribution < 1.29 is 41.6 Å². The smallest absolute Gasteiger partial charge is 0.163 e. The second kappa shape index (κ2) is 9.77. The van der Waals surface area contributed by atoms with Crippen LogP contribution in [0.2, 0.25) is 0 Å². The fourth-order valence-electron chi connectivity index (χ4n) is 3.08. The summed E-state index contributed by atoms with van der Waals surface area (Å²) in [6.07, 6.45) is 1.93. The first-order valence-electron chi connectivity index (χ1n) is 12.6. The summed E-state index contributed by atoms with van der Waals surface area (Å²) >= 11 is 1.38. The fraction of sp³-hybridized carbons (Fsp3) is 0.333. The van der Waals surface area contributed by atoms with Crippen molar-refractivity contribution in [2.24, 2.45) is 0 Å². The van der Waals surface area contributed by atoms with Gasteiger partial charge < -0.3 is 19.7 Å². The molecule has 0 fully saturated rings. The van der Waals surface area contributed by atoms with Gasteiger partial charge in [0.15, 0.2) is 34.6 Å². The van der Waals surface area contributed by atoms with Crippen LogP contribution in [0.3, 0.4) is 0 Å². The Hall–Kier alpha value is -2.29. The molecule has 0 aromatic heterocycles. The molecule has 0 heterocycles. The van der Waals surface area contributed by atoms with Gasteiger partial charge in [0, 0.05) is 28.1 Å². The molecule has 0 aliphatic heterocycles. The van der Waals surface area contributed by atoms with Gasteiger partial charge in [0.2, 0.25) is 0 Å². The maximum Gasteiger partial charge on any atom is 0.163 e. The van der Waals surface area contributed by atoms with Gasteiger partial charge in [0.05, 0.1) is 22.3 Å². The highest BCUT2D eigenvalue weighted by Crippen LogP contribution is 2.35. The SMILES string of the molecule is O=C1CCc2cc(O)c(O)cc21.[2H]C([2H])([2H])I.[2H]C([2H])([2H])Oc1cc2c(cc1OC([2H])([2H])[2H])C(=O)CC2. The minimum Gasteiger partial charge on any atom is -0.504 e. The molecule has 4 rings (SSSR count). The van der Waals surface area contributed by atoms with Crippen LogP contribution in [-0.2, 0) is 12.8 Å². The summed E-state index contributed by atoms with van der Waals surface area (Å²) in [6.45, 7) is 0. The van der Waals surface area contributed by atoms with Crippen LogP contribution in [0.4, 0.5) is 0 Å². The lowest BCUT2D eigenvalue weighted by Crippen LogP contribution is -1.96. The number of ketones is 2. The number of aromatic hydroxyl groups is 2. The van der Waals surface area contributed by atoms with Crippen LogP contribution in [0.15, 0.2) is 24.3 Å². The molecule has 0 radical (unpaired) electrons. The molecule has 150 valence electrons. The molecule has 2 aliphatic rings. The van der Waals surface area contributed by atoms with E-state index in [1.807, 2.05) is 0 Å². The number of benzene rings is 2. The van der Waals surface area contributed by atoms with E-state index in [4.69, 9.17) is 32.0 Å². The lowest BCUT2D eigenvalue weighted by Gasteiger charge is -2.09. The van der Waals surface area contributed by atoms with Gasteiger partial charge in [-0.3, -0.25) is 9.59 Å². The van der Waals surface area contributed by atoms with E-state index >= 15 is 0 Å². The van der Waals surface area contributed by atoms with E-state index in [-0.39, 0.29) is 34.6 Å². The van der Waals surface area contributed by atoms with E-state index < -0.39 is 18.9 Å². The fourth-order valence-corrected chi connectivity index (χ4v) is 3.08. The number of ether oxygens (including phenoxy) is 2. The number of phenols is 2. The number of hydrogen-bond acceptors (Lipinski definition) is 6. The zero-order chi connectivity index (χ0) is 28.3. The van der Waals surface area contributed by atoms with Crippen molar-refractivity contribution in [1.29, 1.82) is 0 Å². The summed E-state index contributed by atoms with van der Waals surface area (Å²) < 4.78 is 70.7. The predicted molar refractivity (Wildman–Crippen MR) is 115 cm³/mol. The minimum atomic E-state index is -2.76. The molecule has 0 unspecified atom stereocenters. The standard InChI is InChI=1S/C11H12O3.C9H8O3.CH3I/c1-13-10-5-7-3-4-9(12)8(7)6-11(10)14-2;10-7-2-1-5-3-8(11)9(12)4-6(5)7;1-2/h5-6H,3-4H2,1-2H3;3-4,11-12H,1-2H2;1H3/i1D3,2D3;;1D3. The van der Waals surface area contributed by atoms with Gasteiger partial charge >= 0.3 is 0 Å². The molecule has 7 heteroatoms. The van der Waals surface area contributed by atoms with E-state index in [1.54, 1.807) is 0 Å². The van der Waals surface area contributed by atoms with Crippen LogP contribution in [0.25, 0.3) is 0 Å². The normalized spacial score (nSPS) is 19.7. The Morgan fingerprint density at radius 2 is 1.29 bits per heavy atom. The number of Topliss-reactive ketones (excluding diaryl/α,β-unsaturated/α-hetero) is 2. The Labute approximate surface area is 190 Å². The molecule has 0 spiro atoms. The Bertz CT molecular complexity index is 1170. The van der Waals surface area contributed by atoms with E-state index in [0.717, 1.165) is 5.56 Å². The van der Waals surface area contributed by atoms with Crippen LogP contribution in [-0.4, -0.2) is 40.7 Å². The Balaban J connectivity index is 0.000000238. The minimum absolute atomic E-state index is 0.0419. The van der Waals surface area contributed by atoms with E-state index in [0.29, 0.717) is 42.4 Å². The molecular weight excluding hydrogens is 475 g/mol. The third-order valence-corrected chi connectivity index (χ3v) is 4.43. The van der Waals surface area contributed by atoms with Crippen molar-refractivity contribution in [1.82, 2.24) is 0 Å². The van der Waals surface area contributed by atoms with Gasteiger partial charge in [-0.15, -0.1) is 0 Å². The van der Waals surface area contributed by atoms with Gasteiger partial charge in [0.1, 0.15) is 0 Å². The maximum absolute atomic E-state index is 11.6. The second-order valence-corrected chi connectivity index (χ2v) is 6.00. The first-order chi connectivity index (χ1) is 16.7. The molecule has 0 saturated carbocycles. The monoisotopic (exact) mass is 507 g/mol. The summed E-state index contributed by atoms with van der Waals surface area (Å²) in [5.74, 6) is -0.923. The van der Waals surface area contributed by atoms with Gasteiger partial charge in [-0.05, 0) is 53.1 Å². The first-order valence-corrected chi connectivity index (χ1v) is 9.16. The van der Waals surface area contributed by atoms with Gasteiger partial charge in [-0.2, -0.15) is 0 Å². The van der Waals surface area contributed by atoms with Crippen molar-refractivity contribution in [3.63, 3.8) is 0 Å². The van der Waals surface area contributed by atoms with Crippen LogP contribution in [0.5, 0.6) is 23.0 Å². The van der Waals surface area contributed by atoms with Crippen molar-refractivity contribution in [3.05, 3.63) is 46.5 Å². The van der Waals surface area contributed by atoms with E-state index in [9.17, 15) is 9.59 Å². The number of rotatable bonds is 2. The number of aryl methyl sites for hydroxylation is 2. The van der Waals surface area contributed by atoms with Crippen LogP contribution < -0.4 is 9.47 Å². The molecule has 2 N–H and O–H groups in total. The molecule has 2 aliphatic carbocycles. The van der Waals surface area contributed by atoms with Gasteiger partial charge in [-0.1, -0.05) is 22.6 Å². The summed E-state index contributed by atoms with van der Waals surface area (Å²) in [5.41, 5.74) is 2.36. The molecule has 6 nitrogen and oxygen atoms in total. The lowest BCUT2D eigenvalue weighted by molar-refractivity contribution is 0.0986. The Morgan fingerprint density at radius 3 is 1.86 bits per heavy atom. The van der Waals surface area contributed by atoms with Crippen molar-refractivity contribution in [3.8, 4) is 23.0 Å². The zero-order valence-electron chi connectivity index (χ0n) is 23.5. The molecule has 0 bridgehead atoms. The number of phenolic OH excluding ortho intramolecular Hbond substituents is 2. The molecule has 0 saturated heterocycles. The lowest BCUT2D eigenvalue weighted by atomic mass is 10.1. The molecule has 0 amide bonds. The van der Waals surface area contributed by atoms with Gasteiger partial charge in [-0.25, -0.2) is 0 Å². The van der Waals surface area contributed by atoms with Crippen LogP contribution in [0.1, 0.15) is 57.0 Å². The maximum atomic E-state index is 11.6. The molecule has 0 atom stereocenters. The number of halogens is 1. The average Bonchev–Trinajstić information content (AvgIpc) is 3.22. The van der Waals surface area contributed by atoms with Crippen LogP contribution >= 0.6 is 22.6 Å². The van der Waals surface area contributed by atoms with Crippen molar-refractivity contribution in [2.75, 3.05) is 18.9 Å². The largest absolute Gasteiger partial charge is 0.504 e. The average molecular weight is 507 g/mol. The molecule has 2 aromatic rings. The predicted octanol–water partition coefficient (Wildman–Crippen LogP) is 4.11. The third-order valence-electron chi connectivity index (χ3n) is 4.43. The Kier molecular flexibility index (Phi) is 4.29. The summed E-state index contributed by atoms with van der Waals surface area (Å²) in [5, 5.41) is 18.2. The Morgan fingerprint density at radius 1 is 0.821 bits per heavy atom. The highest BCUT2D eigenvalue weighted by atomic mass is 127. The number of methoxy groups -OCH3 is 2. The topological polar surface area (TPSA) is 93.1 Å². The summed E-state index contributed by atoms with van der Waals surface area (Å²) in [6, 6.07) is 5.38. The number of hydrogen-bond donors (Lipinski definition) is 2. The van der Waals surface area contributed by atoms with Gasteiger partial charge in [0.25, 0.3) is 0 Å². The van der Waals surface area contributed by atoms with E-state index in [2.05, 4.69) is 0 Å². The molecule has 2 aromatic carbocycles. The van der Waals surface area contributed by atoms with Crippen molar-refractivity contribution >= 4 is 34.2 Å². The number of carbonyl (C=O) groups is 2. The van der Waals surface area contributed by atoms with E-state index in [1.165, 1.54) is 46.9 Å². The number of alkyl halides is 1. The van der Waals surface area contributed by atoms with Crippen LogP contribution in [0, 0.1) is 0 Å². The van der Waals surface area contributed by atoms with Crippen molar-refractivity contribution in [2.45, 2.75) is 25.7 Å². The number of fused-ring (bicyclic) bond motifs is 2. The summed E-state index contributed by atoms with van der Waals surface area (Å²) in [7, 11) is -5.49. The molecular formula is C21H23IO6.